The summed E-state index contributed by atoms with van der Waals surface area (Å²) in [5.41, 5.74) is 2.18. The number of Topliss-reactive ketones (excluding diaryl/α,β-unsaturated/α-hetero) is 1. The maximum atomic E-state index is 13.2. The van der Waals surface area contributed by atoms with Crippen molar-refractivity contribution in [2.45, 2.75) is 16.3 Å². The first kappa shape index (κ1) is 22.6. The zero-order valence-electron chi connectivity index (χ0n) is 14.9. The van der Waals surface area contributed by atoms with Gasteiger partial charge in [0.25, 0.3) is 0 Å². The number of halogens is 5. The van der Waals surface area contributed by atoms with Gasteiger partial charge in [0.15, 0.2) is 5.78 Å². The van der Waals surface area contributed by atoms with Gasteiger partial charge in [-0.05, 0) is 41.5 Å². The number of hydrogen-bond acceptors (Lipinski definition) is 2. The summed E-state index contributed by atoms with van der Waals surface area (Å²) in [7, 11) is 0. The summed E-state index contributed by atoms with van der Waals surface area (Å²) < 4.78 is 5.92. The average Bonchev–Trinajstić information content (AvgIpc) is 2.71. The second-order valence-electron chi connectivity index (χ2n) is 6.25. The van der Waals surface area contributed by atoms with Gasteiger partial charge < -0.3 is 4.74 Å². The number of ether oxygens (including phenoxy) is 1. The minimum atomic E-state index is -0.582. The second-order valence-corrected chi connectivity index (χ2v) is 9.50. The SMILES string of the molecule is O=C(c1ccc(Cl)cc1OCc1ccccc1)C(Br)C(Br)c1ccc(Cl)cc1Cl. The van der Waals surface area contributed by atoms with Crippen molar-refractivity contribution >= 4 is 72.4 Å². The molecule has 2 nitrogen and oxygen atoms in total. The summed E-state index contributed by atoms with van der Waals surface area (Å²) in [5, 5.41) is 1.50. The maximum absolute atomic E-state index is 13.2. The molecule has 2 unspecified atom stereocenters. The van der Waals surface area contributed by atoms with Crippen molar-refractivity contribution < 1.29 is 9.53 Å². The van der Waals surface area contributed by atoms with Crippen molar-refractivity contribution in [3.05, 3.63) is 98.5 Å². The molecule has 0 bridgehead atoms. The Hall–Kier alpha value is -1.04. The highest BCUT2D eigenvalue weighted by atomic mass is 79.9. The van der Waals surface area contributed by atoms with Crippen LogP contribution >= 0.6 is 66.7 Å². The number of benzene rings is 3. The summed E-state index contributed by atoms with van der Waals surface area (Å²) in [4.78, 5) is 12.3. The third kappa shape index (κ3) is 5.77. The first-order valence-electron chi connectivity index (χ1n) is 8.60. The van der Waals surface area contributed by atoms with E-state index in [-0.39, 0.29) is 10.6 Å². The molecule has 29 heavy (non-hydrogen) atoms. The lowest BCUT2D eigenvalue weighted by Gasteiger charge is -2.19. The van der Waals surface area contributed by atoms with Gasteiger partial charge in [0, 0.05) is 15.1 Å². The summed E-state index contributed by atoms with van der Waals surface area (Å²) in [6.07, 6.45) is 0. The minimum absolute atomic E-state index is 0.155. The zero-order chi connectivity index (χ0) is 21.0. The summed E-state index contributed by atoms with van der Waals surface area (Å²) >= 11 is 25.5. The lowest BCUT2D eigenvalue weighted by atomic mass is 10.0. The quantitative estimate of drug-likeness (QED) is 0.209. The van der Waals surface area contributed by atoms with Gasteiger partial charge in [0.1, 0.15) is 12.4 Å². The Morgan fingerprint density at radius 3 is 2.24 bits per heavy atom. The number of ketones is 1. The fourth-order valence-electron chi connectivity index (χ4n) is 2.72. The number of rotatable bonds is 7. The van der Waals surface area contributed by atoms with E-state index in [2.05, 4.69) is 31.9 Å². The smallest absolute Gasteiger partial charge is 0.181 e. The molecule has 0 aliphatic rings. The van der Waals surface area contributed by atoms with E-state index in [1.807, 2.05) is 30.3 Å². The summed E-state index contributed by atoms with van der Waals surface area (Å²) in [6, 6.07) is 19.9. The van der Waals surface area contributed by atoms with Crippen LogP contribution in [0.4, 0.5) is 0 Å². The Morgan fingerprint density at radius 1 is 0.897 bits per heavy atom. The molecule has 0 fully saturated rings. The predicted octanol–water partition coefficient (Wildman–Crippen LogP) is 8.31. The topological polar surface area (TPSA) is 26.3 Å². The molecule has 0 amide bonds. The Labute approximate surface area is 201 Å². The molecule has 7 heteroatoms. The largest absolute Gasteiger partial charge is 0.488 e. The standard InChI is InChI=1S/C22H15Br2Cl3O2/c23-20(16-8-6-14(25)10-18(16)27)21(24)22(28)17-9-7-15(26)11-19(17)29-12-13-4-2-1-3-5-13/h1-11,20-21H,12H2. The molecule has 0 radical (unpaired) electrons. The molecule has 0 spiro atoms. The number of carbonyl (C=O) groups is 1. The van der Waals surface area contributed by atoms with Crippen LogP contribution in [0.25, 0.3) is 0 Å². The fourth-order valence-corrected chi connectivity index (χ4v) is 4.71. The molecule has 0 aromatic heterocycles. The molecule has 0 saturated heterocycles. The summed E-state index contributed by atoms with van der Waals surface area (Å²) in [6.45, 7) is 0.329. The van der Waals surface area contributed by atoms with E-state index >= 15 is 0 Å². The van der Waals surface area contributed by atoms with E-state index in [4.69, 9.17) is 39.5 Å². The molecule has 0 aliphatic heterocycles. The van der Waals surface area contributed by atoms with Crippen LogP contribution in [-0.4, -0.2) is 10.6 Å². The molecule has 0 N–H and O–H groups in total. The van der Waals surface area contributed by atoms with E-state index in [1.165, 1.54) is 0 Å². The lowest BCUT2D eigenvalue weighted by Crippen LogP contribution is -2.20. The van der Waals surface area contributed by atoms with Gasteiger partial charge in [0.05, 0.1) is 15.2 Å². The van der Waals surface area contributed by atoms with Crippen LogP contribution in [0.1, 0.15) is 26.3 Å². The van der Waals surface area contributed by atoms with Crippen LogP contribution in [0.2, 0.25) is 15.1 Å². The fraction of sp³-hybridized carbons (Fsp3) is 0.136. The summed E-state index contributed by atoms with van der Waals surface area (Å²) in [5.74, 6) is 0.273. The molecule has 0 saturated carbocycles. The first-order chi connectivity index (χ1) is 13.9. The van der Waals surface area contributed by atoms with Gasteiger partial charge in [-0.3, -0.25) is 4.79 Å². The third-order valence-electron chi connectivity index (χ3n) is 4.21. The minimum Gasteiger partial charge on any atom is -0.488 e. The molecule has 150 valence electrons. The van der Waals surface area contributed by atoms with Crippen molar-refractivity contribution in [2.24, 2.45) is 0 Å². The molecule has 3 aromatic carbocycles. The van der Waals surface area contributed by atoms with Crippen LogP contribution in [0, 0.1) is 0 Å². The highest BCUT2D eigenvalue weighted by molar-refractivity contribution is 9.12. The molecule has 3 rings (SSSR count). The Bertz CT molecular complexity index is 1010. The monoisotopic (exact) mass is 574 g/mol. The molecular weight excluding hydrogens is 562 g/mol. The van der Waals surface area contributed by atoms with Gasteiger partial charge in [-0.1, -0.05) is 103 Å². The van der Waals surface area contributed by atoms with Crippen LogP contribution < -0.4 is 4.74 Å². The van der Waals surface area contributed by atoms with Crippen molar-refractivity contribution in [1.82, 2.24) is 0 Å². The van der Waals surface area contributed by atoms with E-state index in [0.717, 1.165) is 11.1 Å². The Balaban J connectivity index is 1.84. The molecular formula is C22H15Br2Cl3O2. The Kier molecular flexibility index (Phi) is 8.06. The van der Waals surface area contributed by atoms with E-state index in [9.17, 15) is 4.79 Å². The average molecular weight is 578 g/mol. The normalized spacial score (nSPS) is 13.0. The van der Waals surface area contributed by atoms with E-state index in [1.54, 1.807) is 36.4 Å². The van der Waals surface area contributed by atoms with Gasteiger partial charge in [0.2, 0.25) is 0 Å². The van der Waals surface area contributed by atoms with Crippen molar-refractivity contribution in [3.8, 4) is 5.75 Å². The Morgan fingerprint density at radius 2 is 1.55 bits per heavy atom. The zero-order valence-corrected chi connectivity index (χ0v) is 20.4. The second kappa shape index (κ2) is 10.3. The van der Waals surface area contributed by atoms with E-state index < -0.39 is 4.83 Å². The van der Waals surface area contributed by atoms with Crippen molar-refractivity contribution in [3.63, 3.8) is 0 Å². The highest BCUT2D eigenvalue weighted by Gasteiger charge is 2.29. The molecule has 0 heterocycles. The van der Waals surface area contributed by atoms with Crippen molar-refractivity contribution in [2.75, 3.05) is 0 Å². The van der Waals surface area contributed by atoms with Gasteiger partial charge in [-0.2, -0.15) is 0 Å². The van der Waals surface area contributed by atoms with Crippen LogP contribution in [0.15, 0.2) is 66.7 Å². The maximum Gasteiger partial charge on any atom is 0.181 e. The van der Waals surface area contributed by atoms with Crippen LogP contribution in [0.3, 0.4) is 0 Å². The number of alkyl halides is 2. The number of hydrogen-bond donors (Lipinski definition) is 0. The lowest BCUT2D eigenvalue weighted by molar-refractivity contribution is 0.0986. The third-order valence-corrected chi connectivity index (χ3v) is 7.69. The van der Waals surface area contributed by atoms with Gasteiger partial charge in [-0.15, -0.1) is 0 Å². The number of carbonyl (C=O) groups excluding carboxylic acids is 1. The van der Waals surface area contributed by atoms with Gasteiger partial charge in [-0.25, -0.2) is 0 Å². The molecule has 0 aliphatic carbocycles. The highest BCUT2D eigenvalue weighted by Crippen LogP contribution is 2.39. The predicted molar refractivity (Wildman–Crippen MR) is 127 cm³/mol. The van der Waals surface area contributed by atoms with Crippen LogP contribution in [0.5, 0.6) is 5.75 Å². The van der Waals surface area contributed by atoms with Gasteiger partial charge >= 0.3 is 0 Å². The van der Waals surface area contributed by atoms with Crippen molar-refractivity contribution in [1.29, 1.82) is 0 Å². The molecule has 3 aromatic rings. The van der Waals surface area contributed by atoms with Crippen LogP contribution in [-0.2, 0) is 6.61 Å². The molecule has 2 atom stereocenters. The first-order valence-corrected chi connectivity index (χ1v) is 11.6. The van der Waals surface area contributed by atoms with E-state index in [0.29, 0.717) is 33.0 Å².